The SMILES string of the molecule is CCCCn1ccnc1CCNCCc1nccn1CCCC. The van der Waals surface area contributed by atoms with Crippen LogP contribution in [0.5, 0.6) is 0 Å². The van der Waals surface area contributed by atoms with Crippen LogP contribution in [-0.2, 0) is 25.9 Å². The van der Waals surface area contributed by atoms with Crippen molar-refractivity contribution in [3.8, 4) is 0 Å². The van der Waals surface area contributed by atoms with Crippen LogP contribution in [0.4, 0.5) is 0 Å². The number of imidazole rings is 2. The van der Waals surface area contributed by atoms with Gasteiger partial charge in [0.2, 0.25) is 0 Å². The first-order valence-corrected chi connectivity index (χ1v) is 9.05. The average Bonchev–Trinajstić information content (AvgIpc) is 3.19. The van der Waals surface area contributed by atoms with Crippen LogP contribution >= 0.6 is 0 Å². The van der Waals surface area contributed by atoms with Crippen molar-refractivity contribution in [3.05, 3.63) is 36.4 Å². The number of hydrogen-bond donors (Lipinski definition) is 1. The molecule has 5 heteroatoms. The smallest absolute Gasteiger partial charge is 0.109 e. The molecule has 128 valence electrons. The fourth-order valence-corrected chi connectivity index (χ4v) is 2.73. The van der Waals surface area contributed by atoms with Gasteiger partial charge in [-0.05, 0) is 12.8 Å². The van der Waals surface area contributed by atoms with Crippen molar-refractivity contribution in [2.45, 2.75) is 65.5 Å². The second kappa shape index (κ2) is 10.2. The predicted molar refractivity (Wildman–Crippen MR) is 94.5 cm³/mol. The summed E-state index contributed by atoms with van der Waals surface area (Å²) in [4.78, 5) is 8.94. The lowest BCUT2D eigenvalue weighted by molar-refractivity contribution is 0.570. The lowest BCUT2D eigenvalue weighted by atomic mass is 10.3. The minimum absolute atomic E-state index is 0.971. The van der Waals surface area contributed by atoms with Gasteiger partial charge >= 0.3 is 0 Å². The van der Waals surface area contributed by atoms with E-state index in [0.29, 0.717) is 0 Å². The highest BCUT2D eigenvalue weighted by Gasteiger charge is 2.04. The molecule has 2 rings (SSSR count). The Hall–Kier alpha value is -1.62. The van der Waals surface area contributed by atoms with Crippen LogP contribution in [0.15, 0.2) is 24.8 Å². The van der Waals surface area contributed by atoms with E-state index in [9.17, 15) is 0 Å². The van der Waals surface area contributed by atoms with Gasteiger partial charge in [0.05, 0.1) is 0 Å². The van der Waals surface area contributed by atoms with Crippen molar-refractivity contribution < 1.29 is 0 Å². The highest BCUT2D eigenvalue weighted by Crippen LogP contribution is 2.03. The highest BCUT2D eigenvalue weighted by atomic mass is 15.1. The monoisotopic (exact) mass is 317 g/mol. The Labute approximate surface area is 140 Å². The van der Waals surface area contributed by atoms with Gasteiger partial charge in [-0.15, -0.1) is 0 Å². The number of unbranched alkanes of at least 4 members (excludes halogenated alkanes) is 2. The molecular formula is C18H31N5. The lowest BCUT2D eigenvalue weighted by Crippen LogP contribution is -2.22. The molecule has 0 aliphatic carbocycles. The van der Waals surface area contributed by atoms with Gasteiger partial charge in [-0.25, -0.2) is 9.97 Å². The zero-order chi connectivity index (χ0) is 16.3. The molecule has 2 aromatic heterocycles. The van der Waals surface area contributed by atoms with Gasteiger partial charge in [-0.3, -0.25) is 0 Å². The quantitative estimate of drug-likeness (QED) is 0.612. The maximum Gasteiger partial charge on any atom is 0.109 e. The zero-order valence-corrected chi connectivity index (χ0v) is 14.7. The van der Waals surface area contributed by atoms with Gasteiger partial charge in [0.15, 0.2) is 0 Å². The maximum absolute atomic E-state index is 4.47. The average molecular weight is 317 g/mol. The second-order valence-electron chi connectivity index (χ2n) is 6.03. The van der Waals surface area contributed by atoms with E-state index in [2.05, 4.69) is 50.7 Å². The number of nitrogens with zero attached hydrogens (tertiary/aromatic N) is 4. The standard InChI is InChI=1S/C18H31N5/c1-3-5-13-22-15-11-20-17(22)7-9-19-10-8-18-21-12-16-23(18)14-6-4-2/h11-12,15-16,19H,3-10,13-14H2,1-2H3. The summed E-state index contributed by atoms with van der Waals surface area (Å²) in [5.74, 6) is 2.38. The molecule has 2 aromatic rings. The first-order chi connectivity index (χ1) is 11.3. The van der Waals surface area contributed by atoms with Crippen LogP contribution in [0.1, 0.15) is 51.2 Å². The number of aryl methyl sites for hydroxylation is 2. The largest absolute Gasteiger partial charge is 0.335 e. The highest BCUT2D eigenvalue weighted by molar-refractivity contribution is 4.94. The van der Waals surface area contributed by atoms with Crippen LogP contribution < -0.4 is 5.32 Å². The zero-order valence-electron chi connectivity index (χ0n) is 14.7. The molecule has 2 heterocycles. The first-order valence-electron chi connectivity index (χ1n) is 9.05. The second-order valence-corrected chi connectivity index (χ2v) is 6.03. The van der Waals surface area contributed by atoms with Gasteiger partial charge < -0.3 is 14.5 Å². The molecule has 5 nitrogen and oxygen atoms in total. The maximum atomic E-state index is 4.47. The third kappa shape index (κ3) is 5.82. The Bertz CT molecular complexity index is 495. The molecule has 0 bridgehead atoms. The van der Waals surface area contributed by atoms with Crippen molar-refractivity contribution in [2.24, 2.45) is 0 Å². The molecule has 0 spiro atoms. The topological polar surface area (TPSA) is 47.7 Å². The van der Waals surface area contributed by atoms with Gasteiger partial charge in [-0.2, -0.15) is 0 Å². The van der Waals surface area contributed by atoms with E-state index in [4.69, 9.17) is 0 Å². The fourth-order valence-electron chi connectivity index (χ4n) is 2.73. The Morgan fingerprint density at radius 1 is 0.826 bits per heavy atom. The molecule has 0 unspecified atom stereocenters. The summed E-state index contributed by atoms with van der Waals surface area (Å²) in [6.45, 7) is 8.56. The summed E-state index contributed by atoms with van der Waals surface area (Å²) in [7, 11) is 0. The van der Waals surface area contributed by atoms with Crippen molar-refractivity contribution in [1.82, 2.24) is 24.4 Å². The molecule has 1 N–H and O–H groups in total. The normalized spacial score (nSPS) is 11.2. The third-order valence-electron chi connectivity index (χ3n) is 4.16. The first kappa shape index (κ1) is 17.7. The number of rotatable bonds is 12. The number of aromatic nitrogens is 4. The van der Waals surface area contributed by atoms with E-state index < -0.39 is 0 Å². The van der Waals surface area contributed by atoms with Crippen molar-refractivity contribution in [1.29, 1.82) is 0 Å². The van der Waals surface area contributed by atoms with E-state index >= 15 is 0 Å². The summed E-state index contributed by atoms with van der Waals surface area (Å²) in [5, 5.41) is 3.52. The summed E-state index contributed by atoms with van der Waals surface area (Å²) in [5.41, 5.74) is 0. The molecule has 0 amide bonds. The minimum Gasteiger partial charge on any atom is -0.335 e. The van der Waals surface area contributed by atoms with E-state index in [-0.39, 0.29) is 0 Å². The fraction of sp³-hybridized carbons (Fsp3) is 0.667. The summed E-state index contributed by atoms with van der Waals surface area (Å²) in [6.07, 6.45) is 14.9. The Morgan fingerprint density at radius 2 is 1.30 bits per heavy atom. The molecule has 0 fully saturated rings. The number of nitrogens with one attached hydrogen (secondary N) is 1. The van der Waals surface area contributed by atoms with Crippen LogP contribution in [0, 0.1) is 0 Å². The predicted octanol–water partition coefficient (Wildman–Crippen LogP) is 3.05. The Balaban J connectivity index is 1.66. The van der Waals surface area contributed by atoms with Crippen molar-refractivity contribution in [2.75, 3.05) is 13.1 Å². The van der Waals surface area contributed by atoms with Crippen molar-refractivity contribution in [3.63, 3.8) is 0 Å². The van der Waals surface area contributed by atoms with Crippen LogP contribution in [0.3, 0.4) is 0 Å². The molecule has 0 saturated carbocycles. The summed E-state index contributed by atoms with van der Waals surface area (Å²) >= 11 is 0. The van der Waals surface area contributed by atoms with E-state index in [1.807, 2.05) is 12.4 Å². The van der Waals surface area contributed by atoms with E-state index in [0.717, 1.165) is 39.0 Å². The van der Waals surface area contributed by atoms with Crippen LogP contribution in [0.2, 0.25) is 0 Å². The lowest BCUT2D eigenvalue weighted by Gasteiger charge is -2.09. The van der Waals surface area contributed by atoms with Gasteiger partial charge in [0.1, 0.15) is 11.6 Å². The molecular weight excluding hydrogens is 286 g/mol. The van der Waals surface area contributed by atoms with Gasteiger partial charge in [-0.1, -0.05) is 26.7 Å². The van der Waals surface area contributed by atoms with Crippen molar-refractivity contribution >= 4 is 0 Å². The van der Waals surface area contributed by atoms with E-state index in [1.54, 1.807) is 0 Å². The van der Waals surface area contributed by atoms with Gasteiger partial charge in [0.25, 0.3) is 0 Å². The molecule has 0 aromatic carbocycles. The molecule has 0 radical (unpaired) electrons. The Kier molecular flexibility index (Phi) is 7.87. The molecule has 0 saturated heterocycles. The van der Waals surface area contributed by atoms with Gasteiger partial charge in [0, 0.05) is 63.8 Å². The molecule has 0 aliphatic rings. The molecule has 0 atom stereocenters. The van der Waals surface area contributed by atoms with E-state index in [1.165, 1.54) is 37.3 Å². The van der Waals surface area contributed by atoms with Crippen LogP contribution in [0.25, 0.3) is 0 Å². The number of hydrogen-bond acceptors (Lipinski definition) is 3. The van der Waals surface area contributed by atoms with Crippen LogP contribution in [-0.4, -0.2) is 32.2 Å². The minimum atomic E-state index is 0.971. The Morgan fingerprint density at radius 3 is 1.74 bits per heavy atom. The molecule has 23 heavy (non-hydrogen) atoms. The molecule has 0 aliphatic heterocycles. The third-order valence-corrected chi connectivity index (χ3v) is 4.16. The summed E-state index contributed by atoms with van der Waals surface area (Å²) in [6, 6.07) is 0. The summed E-state index contributed by atoms with van der Waals surface area (Å²) < 4.78 is 4.56.